The summed E-state index contributed by atoms with van der Waals surface area (Å²) in [5, 5.41) is 9.87. The van der Waals surface area contributed by atoms with Gasteiger partial charge in [0, 0.05) is 0 Å². The number of fused-ring (bicyclic) bond motifs is 1. The van der Waals surface area contributed by atoms with Crippen molar-refractivity contribution in [2.24, 2.45) is 0 Å². The van der Waals surface area contributed by atoms with Gasteiger partial charge < -0.3 is 10.1 Å². The molecule has 0 aliphatic rings. The normalized spacial score (nSPS) is 11.9. The van der Waals surface area contributed by atoms with Crippen LogP contribution in [0.15, 0.2) is 42.5 Å². The number of aromatic amines is 1. The van der Waals surface area contributed by atoms with E-state index in [0.29, 0.717) is 26.5 Å². The van der Waals surface area contributed by atoms with E-state index >= 15 is 0 Å². The van der Waals surface area contributed by atoms with Gasteiger partial charge in [0.25, 0.3) is 0 Å². The lowest BCUT2D eigenvalue weighted by molar-refractivity contribution is 0.206. The second kappa shape index (κ2) is 7.75. The lowest BCUT2D eigenvalue weighted by Gasteiger charge is -2.27. The van der Waals surface area contributed by atoms with Crippen LogP contribution in [0.5, 0.6) is 0 Å². The van der Waals surface area contributed by atoms with Crippen LogP contribution in [0.1, 0.15) is 50.7 Å². The Morgan fingerprint density at radius 2 is 1.62 bits per heavy atom. The Morgan fingerprint density at radius 3 is 2.14 bits per heavy atom. The first kappa shape index (κ1) is 20.7. The second-order valence-electron chi connectivity index (χ2n) is 7.35. The Hall–Kier alpha value is -3.07. The van der Waals surface area contributed by atoms with Crippen molar-refractivity contribution >= 4 is 39.0 Å². The van der Waals surface area contributed by atoms with Crippen LogP contribution in [0.25, 0.3) is 11.0 Å². The average molecular weight is 417 g/mol. The average Bonchev–Trinajstić information content (AvgIpc) is 3.02. The number of hydrogen-bond donors (Lipinski definition) is 3. The van der Waals surface area contributed by atoms with Gasteiger partial charge in [0.15, 0.2) is 0 Å². The number of aromatic nitrogens is 2. The molecule has 0 saturated carbocycles. The molecule has 3 N–H and O–H groups in total. The van der Waals surface area contributed by atoms with E-state index in [0.717, 1.165) is 0 Å². The van der Waals surface area contributed by atoms with E-state index in [1.807, 2.05) is 33.8 Å². The standard InChI is InChI=1S/C20H24N4O4S/c1-12(2)14-8-7-9-15(13(3)4)18(14)24(20(25)26)29(27,28)23-19-21-16-10-5-6-11-17(16)22-19/h5-13H,1-4H3,(H,25,26)(H2,21,22,23). The van der Waals surface area contributed by atoms with Gasteiger partial charge in [-0.15, -0.1) is 0 Å². The van der Waals surface area contributed by atoms with Gasteiger partial charge in [-0.2, -0.15) is 12.7 Å². The molecule has 0 bridgehead atoms. The smallest absolute Gasteiger partial charge is 0.427 e. The SMILES string of the molecule is CC(C)c1cccc(C(C)C)c1N(C(=O)O)S(=O)(=O)Nc1nc2ccccc2[nH]1. The predicted molar refractivity (Wildman–Crippen MR) is 114 cm³/mol. The molecule has 154 valence electrons. The van der Waals surface area contributed by atoms with Gasteiger partial charge in [-0.1, -0.05) is 58.0 Å². The molecule has 0 saturated heterocycles. The monoisotopic (exact) mass is 416 g/mol. The quantitative estimate of drug-likeness (QED) is 0.541. The summed E-state index contributed by atoms with van der Waals surface area (Å²) in [6, 6.07) is 12.4. The molecule has 8 nitrogen and oxygen atoms in total. The van der Waals surface area contributed by atoms with E-state index in [4.69, 9.17) is 0 Å². The van der Waals surface area contributed by atoms with Gasteiger partial charge in [-0.25, -0.2) is 14.5 Å². The molecule has 1 aromatic heterocycles. The van der Waals surface area contributed by atoms with E-state index < -0.39 is 16.3 Å². The van der Waals surface area contributed by atoms with E-state index in [1.165, 1.54) is 0 Å². The molecule has 2 aromatic carbocycles. The summed E-state index contributed by atoms with van der Waals surface area (Å²) in [6.07, 6.45) is -1.59. The lowest BCUT2D eigenvalue weighted by Crippen LogP contribution is -2.41. The number of H-pyrrole nitrogens is 1. The highest BCUT2D eigenvalue weighted by Crippen LogP contribution is 2.37. The summed E-state index contributed by atoms with van der Waals surface area (Å²) in [4.78, 5) is 19.2. The second-order valence-corrected chi connectivity index (χ2v) is 8.87. The topological polar surface area (TPSA) is 115 Å². The maximum absolute atomic E-state index is 13.1. The molecular formula is C20H24N4O4S. The zero-order valence-electron chi connectivity index (χ0n) is 16.7. The number of carbonyl (C=O) groups is 1. The number of rotatable bonds is 6. The lowest BCUT2D eigenvalue weighted by atomic mass is 9.93. The van der Waals surface area contributed by atoms with Gasteiger partial charge in [-0.3, -0.25) is 0 Å². The first-order chi connectivity index (χ1) is 13.6. The highest BCUT2D eigenvalue weighted by molar-refractivity contribution is 7.94. The number of amides is 1. The van der Waals surface area contributed by atoms with Gasteiger partial charge in [-0.05, 0) is 35.1 Å². The van der Waals surface area contributed by atoms with Crippen molar-refractivity contribution in [1.82, 2.24) is 9.97 Å². The van der Waals surface area contributed by atoms with Crippen molar-refractivity contribution in [1.29, 1.82) is 0 Å². The maximum Gasteiger partial charge on any atom is 0.427 e. The fourth-order valence-corrected chi connectivity index (χ4v) is 4.32. The van der Waals surface area contributed by atoms with Gasteiger partial charge in [0.1, 0.15) is 0 Å². The van der Waals surface area contributed by atoms with Crippen LogP contribution >= 0.6 is 0 Å². The third-order valence-corrected chi connectivity index (χ3v) is 5.85. The molecule has 1 heterocycles. The Morgan fingerprint density at radius 1 is 1.03 bits per heavy atom. The molecule has 0 radical (unpaired) electrons. The van der Waals surface area contributed by atoms with Crippen molar-refractivity contribution in [3.63, 3.8) is 0 Å². The highest BCUT2D eigenvalue weighted by Gasteiger charge is 2.34. The number of para-hydroxylation sites is 3. The zero-order chi connectivity index (χ0) is 21.3. The summed E-state index contributed by atoms with van der Waals surface area (Å²) < 4.78 is 29.0. The number of nitrogens with zero attached hydrogens (tertiary/aromatic N) is 2. The summed E-state index contributed by atoms with van der Waals surface area (Å²) >= 11 is 0. The van der Waals surface area contributed by atoms with Crippen LogP contribution in [0.3, 0.4) is 0 Å². The molecule has 9 heteroatoms. The number of carboxylic acid groups (broad SMARTS) is 1. The molecule has 29 heavy (non-hydrogen) atoms. The number of nitrogens with one attached hydrogen (secondary N) is 2. The molecule has 0 aliphatic carbocycles. The molecule has 0 unspecified atom stereocenters. The van der Waals surface area contributed by atoms with Crippen LogP contribution in [0.4, 0.5) is 16.4 Å². The molecular weight excluding hydrogens is 392 g/mol. The van der Waals surface area contributed by atoms with Crippen LogP contribution in [-0.4, -0.2) is 29.6 Å². The number of imidazole rings is 1. The minimum absolute atomic E-state index is 0.0504. The van der Waals surface area contributed by atoms with Crippen LogP contribution in [0.2, 0.25) is 0 Å². The Balaban J connectivity index is 2.13. The first-order valence-electron chi connectivity index (χ1n) is 9.25. The Bertz CT molecular complexity index is 1090. The van der Waals surface area contributed by atoms with Crippen molar-refractivity contribution in [2.45, 2.75) is 39.5 Å². The summed E-state index contributed by atoms with van der Waals surface area (Å²) in [5.74, 6) is -0.204. The van der Waals surface area contributed by atoms with Gasteiger partial charge in [0.2, 0.25) is 5.95 Å². The minimum Gasteiger partial charge on any atom is -0.464 e. The minimum atomic E-state index is -4.50. The predicted octanol–water partition coefficient (Wildman–Crippen LogP) is 4.65. The first-order valence-corrected chi connectivity index (χ1v) is 10.7. The number of hydrogen-bond acceptors (Lipinski definition) is 4. The fourth-order valence-electron chi connectivity index (χ4n) is 3.23. The van der Waals surface area contributed by atoms with Gasteiger partial charge in [0.05, 0.1) is 16.7 Å². The van der Waals surface area contributed by atoms with E-state index in [1.54, 1.807) is 36.4 Å². The fraction of sp³-hybridized carbons (Fsp3) is 0.300. The molecule has 0 aliphatic heterocycles. The van der Waals surface area contributed by atoms with E-state index in [-0.39, 0.29) is 23.5 Å². The van der Waals surface area contributed by atoms with Crippen LogP contribution < -0.4 is 9.03 Å². The number of benzene rings is 2. The molecule has 0 spiro atoms. The summed E-state index contributed by atoms with van der Waals surface area (Å²) in [5.41, 5.74) is 2.63. The van der Waals surface area contributed by atoms with Crippen LogP contribution in [-0.2, 0) is 10.2 Å². The van der Waals surface area contributed by atoms with Crippen molar-refractivity contribution in [3.05, 3.63) is 53.6 Å². The molecule has 3 aromatic rings. The molecule has 3 rings (SSSR count). The van der Waals surface area contributed by atoms with Crippen molar-refractivity contribution in [3.8, 4) is 0 Å². The van der Waals surface area contributed by atoms with Crippen molar-refractivity contribution < 1.29 is 18.3 Å². The third-order valence-electron chi connectivity index (χ3n) is 4.57. The molecule has 0 fully saturated rings. The third kappa shape index (κ3) is 4.04. The Kier molecular flexibility index (Phi) is 5.52. The Labute approximate surface area is 169 Å². The zero-order valence-corrected chi connectivity index (χ0v) is 17.5. The molecule has 0 atom stereocenters. The molecule has 1 amide bonds. The summed E-state index contributed by atoms with van der Waals surface area (Å²) in [6.45, 7) is 7.56. The highest BCUT2D eigenvalue weighted by atomic mass is 32.2. The van der Waals surface area contributed by atoms with Crippen molar-refractivity contribution in [2.75, 3.05) is 9.03 Å². The van der Waals surface area contributed by atoms with Crippen LogP contribution in [0, 0.1) is 0 Å². The van der Waals surface area contributed by atoms with E-state index in [2.05, 4.69) is 14.7 Å². The van der Waals surface area contributed by atoms with E-state index in [9.17, 15) is 18.3 Å². The largest absolute Gasteiger partial charge is 0.464 e. The maximum atomic E-state index is 13.1. The van der Waals surface area contributed by atoms with Gasteiger partial charge >= 0.3 is 16.3 Å². The summed E-state index contributed by atoms with van der Waals surface area (Å²) in [7, 11) is -4.50. The number of anilines is 2.